The molecule has 0 atom stereocenters. The molecule has 0 aliphatic carbocycles. The molecular formula is C20H25N5O. The first kappa shape index (κ1) is 16.8. The Morgan fingerprint density at radius 3 is 2.81 bits per heavy atom. The molecule has 0 spiro atoms. The lowest BCUT2D eigenvalue weighted by Crippen LogP contribution is -2.41. The van der Waals surface area contributed by atoms with Gasteiger partial charge in [0.05, 0.1) is 12.2 Å². The first-order valence-corrected chi connectivity index (χ1v) is 9.09. The van der Waals surface area contributed by atoms with Crippen LogP contribution >= 0.6 is 0 Å². The Bertz CT molecular complexity index is 906. The van der Waals surface area contributed by atoms with Crippen LogP contribution in [0.15, 0.2) is 36.5 Å². The number of anilines is 1. The third-order valence-electron chi connectivity index (χ3n) is 4.39. The highest BCUT2D eigenvalue weighted by Crippen LogP contribution is 2.31. The molecule has 0 radical (unpaired) electrons. The minimum Gasteiger partial charge on any atom is -0.488 e. The molecule has 136 valence electrons. The Morgan fingerprint density at radius 1 is 1.15 bits per heavy atom. The van der Waals surface area contributed by atoms with Crippen LogP contribution in [0.3, 0.4) is 0 Å². The van der Waals surface area contributed by atoms with Crippen molar-refractivity contribution in [3.8, 4) is 17.0 Å². The van der Waals surface area contributed by atoms with E-state index in [4.69, 9.17) is 4.74 Å². The minimum absolute atomic E-state index is 0.233. The van der Waals surface area contributed by atoms with E-state index < -0.39 is 0 Å². The van der Waals surface area contributed by atoms with Gasteiger partial charge in [0.15, 0.2) is 0 Å². The largest absolute Gasteiger partial charge is 0.488 e. The van der Waals surface area contributed by atoms with Gasteiger partial charge < -0.3 is 9.64 Å². The molecule has 0 amide bonds. The highest BCUT2D eigenvalue weighted by molar-refractivity contribution is 5.94. The molecule has 1 aliphatic rings. The van der Waals surface area contributed by atoms with E-state index in [1.165, 1.54) is 0 Å². The summed E-state index contributed by atoms with van der Waals surface area (Å²) in [6, 6.07) is 10.2. The van der Waals surface area contributed by atoms with Crippen LogP contribution in [0, 0.1) is 0 Å². The van der Waals surface area contributed by atoms with Crippen molar-refractivity contribution in [3.63, 3.8) is 0 Å². The van der Waals surface area contributed by atoms with Gasteiger partial charge in [-0.05, 0) is 64.1 Å². The molecule has 3 heterocycles. The number of hydrogen-bond acceptors (Lipinski definition) is 5. The molecule has 0 saturated carbocycles. The van der Waals surface area contributed by atoms with E-state index in [-0.39, 0.29) is 5.60 Å². The van der Waals surface area contributed by atoms with E-state index in [2.05, 4.69) is 58.3 Å². The summed E-state index contributed by atoms with van der Waals surface area (Å²) in [5, 5.41) is 12.1. The second kappa shape index (κ2) is 6.61. The van der Waals surface area contributed by atoms with Crippen LogP contribution in [0.25, 0.3) is 22.2 Å². The topological polar surface area (TPSA) is 66.1 Å². The molecule has 2 aromatic heterocycles. The van der Waals surface area contributed by atoms with E-state index in [0.29, 0.717) is 0 Å². The number of benzene rings is 1. The van der Waals surface area contributed by atoms with Crippen LogP contribution in [0.1, 0.15) is 27.2 Å². The van der Waals surface area contributed by atoms with E-state index in [1.807, 2.05) is 24.4 Å². The monoisotopic (exact) mass is 351 g/mol. The summed E-state index contributed by atoms with van der Waals surface area (Å²) in [5.74, 6) is 1.83. The highest BCUT2D eigenvalue weighted by atomic mass is 16.5. The Balaban J connectivity index is 1.71. The fraction of sp³-hybridized carbons (Fsp3) is 0.400. The summed E-state index contributed by atoms with van der Waals surface area (Å²) in [7, 11) is 0. The van der Waals surface area contributed by atoms with Crippen molar-refractivity contribution < 1.29 is 4.74 Å². The van der Waals surface area contributed by atoms with Crippen molar-refractivity contribution in [2.45, 2.75) is 32.8 Å². The van der Waals surface area contributed by atoms with Gasteiger partial charge in [0, 0.05) is 23.7 Å². The maximum Gasteiger partial charge on any atom is 0.130 e. The predicted molar refractivity (Wildman–Crippen MR) is 105 cm³/mol. The van der Waals surface area contributed by atoms with Gasteiger partial charge in [-0.15, -0.1) is 0 Å². The zero-order chi connectivity index (χ0) is 18.1. The molecule has 0 unspecified atom stereocenters. The number of pyridine rings is 1. The lowest BCUT2D eigenvalue weighted by molar-refractivity contribution is 0.131. The lowest BCUT2D eigenvalue weighted by Gasteiger charge is -2.28. The average Bonchev–Trinajstić information content (AvgIpc) is 3.04. The van der Waals surface area contributed by atoms with Gasteiger partial charge in [0.1, 0.15) is 22.9 Å². The SMILES string of the molecule is CC(C)(C)Oc1ccc2[nH]nc(-c3ccnc(N4CCCNC4)c3)c2c1. The number of nitrogens with zero attached hydrogens (tertiary/aromatic N) is 3. The van der Waals surface area contributed by atoms with Crippen molar-refractivity contribution in [2.75, 3.05) is 24.7 Å². The zero-order valence-corrected chi connectivity index (χ0v) is 15.5. The highest BCUT2D eigenvalue weighted by Gasteiger charge is 2.16. The van der Waals surface area contributed by atoms with Gasteiger partial charge in [-0.3, -0.25) is 10.4 Å². The molecule has 3 aromatic rings. The van der Waals surface area contributed by atoms with Crippen molar-refractivity contribution in [2.24, 2.45) is 0 Å². The summed E-state index contributed by atoms with van der Waals surface area (Å²) in [5.41, 5.74) is 2.75. The molecule has 1 saturated heterocycles. The lowest BCUT2D eigenvalue weighted by atomic mass is 10.1. The molecule has 4 rings (SSSR count). The van der Waals surface area contributed by atoms with Crippen molar-refractivity contribution in [1.82, 2.24) is 20.5 Å². The van der Waals surface area contributed by atoms with Crippen molar-refractivity contribution >= 4 is 16.7 Å². The maximum atomic E-state index is 6.02. The molecule has 2 N–H and O–H groups in total. The summed E-state index contributed by atoms with van der Waals surface area (Å²) in [4.78, 5) is 6.80. The van der Waals surface area contributed by atoms with Gasteiger partial charge in [0.25, 0.3) is 0 Å². The number of rotatable bonds is 3. The van der Waals surface area contributed by atoms with Crippen LogP contribution in [-0.2, 0) is 0 Å². The standard InChI is InChI=1S/C20H25N5O/c1-20(2,3)26-15-5-6-17-16(12-15)19(24-23-17)14-7-9-22-18(11-14)25-10-4-8-21-13-25/h5-7,9,11-12,21H,4,8,10,13H2,1-3H3,(H,23,24). The normalized spacial score (nSPS) is 15.4. The van der Waals surface area contributed by atoms with Gasteiger partial charge in [-0.25, -0.2) is 4.98 Å². The number of hydrogen-bond donors (Lipinski definition) is 2. The molecule has 0 bridgehead atoms. The van der Waals surface area contributed by atoms with Crippen molar-refractivity contribution in [1.29, 1.82) is 0 Å². The molecule has 1 fully saturated rings. The number of ether oxygens (including phenoxy) is 1. The van der Waals surface area contributed by atoms with E-state index >= 15 is 0 Å². The van der Waals surface area contributed by atoms with E-state index in [9.17, 15) is 0 Å². The third kappa shape index (κ3) is 3.51. The second-order valence-corrected chi connectivity index (χ2v) is 7.67. The molecule has 1 aliphatic heterocycles. The second-order valence-electron chi connectivity index (χ2n) is 7.67. The van der Waals surface area contributed by atoms with Crippen LogP contribution in [0.5, 0.6) is 5.75 Å². The maximum absolute atomic E-state index is 6.02. The number of H-pyrrole nitrogens is 1. The predicted octanol–water partition coefficient (Wildman–Crippen LogP) is 3.56. The first-order valence-electron chi connectivity index (χ1n) is 9.09. The number of aromatic nitrogens is 3. The molecule has 1 aromatic carbocycles. The van der Waals surface area contributed by atoms with Gasteiger partial charge >= 0.3 is 0 Å². The quantitative estimate of drug-likeness (QED) is 0.755. The van der Waals surface area contributed by atoms with Gasteiger partial charge in [-0.1, -0.05) is 0 Å². The van der Waals surface area contributed by atoms with Crippen LogP contribution < -0.4 is 15.0 Å². The van der Waals surface area contributed by atoms with E-state index in [1.54, 1.807) is 0 Å². The van der Waals surface area contributed by atoms with Crippen molar-refractivity contribution in [3.05, 3.63) is 36.5 Å². The Hall–Kier alpha value is -2.60. The molecule has 6 nitrogen and oxygen atoms in total. The average molecular weight is 351 g/mol. The molecule has 26 heavy (non-hydrogen) atoms. The number of aromatic amines is 1. The van der Waals surface area contributed by atoms with Crippen LogP contribution in [-0.4, -0.2) is 40.5 Å². The third-order valence-corrected chi connectivity index (χ3v) is 4.39. The summed E-state index contributed by atoms with van der Waals surface area (Å²) in [6.45, 7) is 9.08. The first-order chi connectivity index (χ1) is 12.5. The minimum atomic E-state index is -0.233. The Kier molecular flexibility index (Phi) is 4.28. The van der Waals surface area contributed by atoms with Crippen LogP contribution in [0.2, 0.25) is 0 Å². The van der Waals surface area contributed by atoms with Crippen LogP contribution in [0.4, 0.5) is 5.82 Å². The Labute approximate surface area is 153 Å². The number of nitrogens with one attached hydrogen (secondary N) is 2. The summed E-state index contributed by atoms with van der Waals surface area (Å²) < 4.78 is 6.02. The smallest absolute Gasteiger partial charge is 0.130 e. The summed E-state index contributed by atoms with van der Waals surface area (Å²) in [6.07, 6.45) is 2.99. The zero-order valence-electron chi connectivity index (χ0n) is 15.5. The fourth-order valence-corrected chi connectivity index (χ4v) is 3.25. The summed E-state index contributed by atoms with van der Waals surface area (Å²) >= 11 is 0. The van der Waals surface area contributed by atoms with Gasteiger partial charge in [0.2, 0.25) is 0 Å². The fourth-order valence-electron chi connectivity index (χ4n) is 3.25. The van der Waals surface area contributed by atoms with Gasteiger partial charge in [-0.2, -0.15) is 5.10 Å². The number of fused-ring (bicyclic) bond motifs is 1. The molecule has 6 heteroatoms. The van der Waals surface area contributed by atoms with E-state index in [0.717, 1.165) is 59.9 Å². The Morgan fingerprint density at radius 2 is 2.04 bits per heavy atom. The molecular weight excluding hydrogens is 326 g/mol.